The van der Waals surface area contributed by atoms with Gasteiger partial charge in [-0.05, 0) is 37.5 Å². The first kappa shape index (κ1) is 14.8. The molecule has 100 valence electrons. The van der Waals surface area contributed by atoms with Gasteiger partial charge < -0.3 is 15.3 Å². The molecule has 0 radical (unpaired) electrons. The summed E-state index contributed by atoms with van der Waals surface area (Å²) < 4.78 is 0. The number of rotatable bonds is 8. The standard InChI is InChI=1S/C14H21NO3/c16-9-2-1-8-14(18)11-13-6-3-5-12(15-13)7-4-10-17/h3-7,14,16-18H,1-2,8-11H2. The largest absolute Gasteiger partial charge is 0.396 e. The Hall–Kier alpha value is -1.23. The van der Waals surface area contributed by atoms with Crippen molar-refractivity contribution in [3.63, 3.8) is 0 Å². The fourth-order valence-corrected chi connectivity index (χ4v) is 1.71. The van der Waals surface area contributed by atoms with Gasteiger partial charge in [0.15, 0.2) is 0 Å². The van der Waals surface area contributed by atoms with Crippen LogP contribution < -0.4 is 0 Å². The van der Waals surface area contributed by atoms with Crippen LogP contribution in [0.4, 0.5) is 0 Å². The smallest absolute Gasteiger partial charge is 0.0630 e. The molecule has 4 nitrogen and oxygen atoms in total. The topological polar surface area (TPSA) is 73.6 Å². The molecule has 1 heterocycles. The Bertz CT molecular complexity index is 366. The number of pyridine rings is 1. The van der Waals surface area contributed by atoms with E-state index in [-0.39, 0.29) is 13.2 Å². The Morgan fingerprint density at radius 1 is 1.22 bits per heavy atom. The molecule has 1 aromatic heterocycles. The minimum absolute atomic E-state index is 0.00427. The van der Waals surface area contributed by atoms with E-state index >= 15 is 0 Å². The molecule has 0 bridgehead atoms. The highest BCUT2D eigenvalue weighted by molar-refractivity contribution is 5.44. The number of nitrogens with zero attached hydrogens (tertiary/aromatic N) is 1. The van der Waals surface area contributed by atoms with Gasteiger partial charge in [0.2, 0.25) is 0 Å². The summed E-state index contributed by atoms with van der Waals surface area (Å²) in [4.78, 5) is 4.37. The highest BCUT2D eigenvalue weighted by atomic mass is 16.3. The normalized spacial score (nSPS) is 13.1. The van der Waals surface area contributed by atoms with Crippen LogP contribution in [0.25, 0.3) is 6.08 Å². The molecule has 1 aromatic rings. The highest BCUT2D eigenvalue weighted by Gasteiger charge is 2.06. The van der Waals surface area contributed by atoms with Crippen molar-refractivity contribution < 1.29 is 15.3 Å². The number of aliphatic hydroxyl groups is 3. The van der Waals surface area contributed by atoms with Crippen molar-refractivity contribution in [2.45, 2.75) is 31.8 Å². The van der Waals surface area contributed by atoms with Crippen LogP contribution in [0, 0.1) is 0 Å². The third-order valence-electron chi connectivity index (χ3n) is 2.61. The predicted molar refractivity (Wildman–Crippen MR) is 71.0 cm³/mol. The summed E-state index contributed by atoms with van der Waals surface area (Å²) in [5, 5.41) is 27.2. The molecule has 1 rings (SSSR count). The zero-order chi connectivity index (χ0) is 13.2. The van der Waals surface area contributed by atoms with Gasteiger partial charge in [0.25, 0.3) is 0 Å². The predicted octanol–water partition coefficient (Wildman–Crippen LogP) is 1.15. The minimum Gasteiger partial charge on any atom is -0.396 e. The number of hydrogen-bond donors (Lipinski definition) is 3. The number of hydrogen-bond acceptors (Lipinski definition) is 4. The summed E-state index contributed by atoms with van der Waals surface area (Å²) in [5.41, 5.74) is 1.62. The Balaban J connectivity index is 2.48. The maximum absolute atomic E-state index is 9.82. The molecule has 18 heavy (non-hydrogen) atoms. The molecule has 0 saturated heterocycles. The molecule has 0 spiro atoms. The number of aromatic nitrogens is 1. The first-order chi connectivity index (χ1) is 8.76. The van der Waals surface area contributed by atoms with Crippen molar-refractivity contribution in [2.24, 2.45) is 0 Å². The van der Waals surface area contributed by atoms with Gasteiger partial charge in [-0.2, -0.15) is 0 Å². The summed E-state index contributed by atoms with van der Waals surface area (Å²) in [6.45, 7) is 0.169. The van der Waals surface area contributed by atoms with E-state index in [1.807, 2.05) is 18.2 Å². The second-order valence-electron chi connectivity index (χ2n) is 4.22. The Morgan fingerprint density at radius 3 is 2.78 bits per heavy atom. The van der Waals surface area contributed by atoms with E-state index in [1.54, 1.807) is 12.2 Å². The summed E-state index contributed by atoms with van der Waals surface area (Å²) in [6, 6.07) is 5.62. The summed E-state index contributed by atoms with van der Waals surface area (Å²) in [5.74, 6) is 0. The first-order valence-corrected chi connectivity index (χ1v) is 6.28. The van der Waals surface area contributed by atoms with E-state index in [9.17, 15) is 5.11 Å². The van der Waals surface area contributed by atoms with Gasteiger partial charge in [0.05, 0.1) is 18.4 Å². The highest BCUT2D eigenvalue weighted by Crippen LogP contribution is 2.08. The van der Waals surface area contributed by atoms with Gasteiger partial charge >= 0.3 is 0 Å². The van der Waals surface area contributed by atoms with Crippen molar-refractivity contribution in [2.75, 3.05) is 13.2 Å². The van der Waals surface area contributed by atoms with Crippen molar-refractivity contribution in [3.05, 3.63) is 35.7 Å². The molecular weight excluding hydrogens is 230 g/mol. The van der Waals surface area contributed by atoms with Gasteiger partial charge in [-0.25, -0.2) is 0 Å². The first-order valence-electron chi connectivity index (χ1n) is 6.28. The van der Waals surface area contributed by atoms with Crippen LogP contribution in [0.1, 0.15) is 30.7 Å². The zero-order valence-corrected chi connectivity index (χ0v) is 10.5. The van der Waals surface area contributed by atoms with E-state index in [2.05, 4.69) is 4.98 Å². The zero-order valence-electron chi connectivity index (χ0n) is 10.5. The monoisotopic (exact) mass is 251 g/mol. The quantitative estimate of drug-likeness (QED) is 0.606. The van der Waals surface area contributed by atoms with Crippen LogP contribution >= 0.6 is 0 Å². The Kier molecular flexibility index (Phi) is 7.25. The lowest BCUT2D eigenvalue weighted by molar-refractivity contribution is 0.156. The fourth-order valence-electron chi connectivity index (χ4n) is 1.71. The van der Waals surface area contributed by atoms with Crippen molar-refractivity contribution in [1.29, 1.82) is 0 Å². The number of aliphatic hydroxyl groups excluding tert-OH is 3. The molecule has 0 aromatic carbocycles. The maximum atomic E-state index is 9.82. The van der Waals surface area contributed by atoms with Gasteiger partial charge in [-0.1, -0.05) is 12.1 Å². The number of unbranched alkanes of at least 4 members (excludes halogenated alkanes) is 1. The SMILES string of the molecule is OCC=Cc1cccc(CC(O)CCCCO)n1. The van der Waals surface area contributed by atoms with Crippen LogP contribution in [-0.4, -0.2) is 39.6 Å². The lowest BCUT2D eigenvalue weighted by Gasteiger charge is -2.09. The molecule has 0 aliphatic heterocycles. The van der Waals surface area contributed by atoms with Crippen LogP contribution in [0.15, 0.2) is 24.3 Å². The maximum Gasteiger partial charge on any atom is 0.0630 e. The van der Waals surface area contributed by atoms with Crippen molar-refractivity contribution in [3.8, 4) is 0 Å². The third kappa shape index (κ3) is 5.91. The van der Waals surface area contributed by atoms with E-state index in [0.717, 1.165) is 24.2 Å². The van der Waals surface area contributed by atoms with Gasteiger partial charge in [0.1, 0.15) is 0 Å². The molecule has 4 heteroatoms. The molecule has 1 unspecified atom stereocenters. The molecule has 1 atom stereocenters. The van der Waals surface area contributed by atoms with Crippen LogP contribution in [0.5, 0.6) is 0 Å². The fraction of sp³-hybridized carbons (Fsp3) is 0.500. The lowest BCUT2D eigenvalue weighted by Crippen LogP contribution is -2.11. The van der Waals surface area contributed by atoms with Gasteiger partial charge in [-0.15, -0.1) is 0 Å². The second kappa shape index (κ2) is 8.80. The van der Waals surface area contributed by atoms with Crippen LogP contribution in [-0.2, 0) is 6.42 Å². The van der Waals surface area contributed by atoms with E-state index in [4.69, 9.17) is 10.2 Å². The van der Waals surface area contributed by atoms with Crippen LogP contribution in [0.2, 0.25) is 0 Å². The third-order valence-corrected chi connectivity index (χ3v) is 2.61. The Morgan fingerprint density at radius 2 is 2.06 bits per heavy atom. The average Bonchev–Trinajstić information content (AvgIpc) is 2.37. The second-order valence-corrected chi connectivity index (χ2v) is 4.22. The molecular formula is C14H21NO3. The minimum atomic E-state index is -0.416. The lowest BCUT2D eigenvalue weighted by atomic mass is 10.1. The average molecular weight is 251 g/mol. The van der Waals surface area contributed by atoms with Crippen LogP contribution in [0.3, 0.4) is 0 Å². The van der Waals surface area contributed by atoms with E-state index in [1.165, 1.54) is 0 Å². The summed E-state index contributed by atoms with van der Waals surface area (Å²) in [6.07, 6.45) is 5.71. The molecule has 0 aliphatic carbocycles. The molecule has 0 amide bonds. The van der Waals surface area contributed by atoms with Gasteiger partial charge in [0, 0.05) is 18.7 Å². The van der Waals surface area contributed by atoms with Gasteiger partial charge in [-0.3, -0.25) is 4.98 Å². The summed E-state index contributed by atoms with van der Waals surface area (Å²) >= 11 is 0. The van der Waals surface area contributed by atoms with Crippen molar-refractivity contribution in [1.82, 2.24) is 4.98 Å². The molecule has 3 N–H and O–H groups in total. The van der Waals surface area contributed by atoms with Crippen molar-refractivity contribution >= 4 is 6.08 Å². The molecule has 0 saturated carbocycles. The molecule has 0 fully saturated rings. The summed E-state index contributed by atoms with van der Waals surface area (Å²) in [7, 11) is 0. The molecule has 0 aliphatic rings. The van der Waals surface area contributed by atoms with E-state index < -0.39 is 6.10 Å². The Labute approximate surface area is 108 Å². The van der Waals surface area contributed by atoms with E-state index in [0.29, 0.717) is 12.8 Å².